The number of aryl methyl sites for hydroxylation is 1. The van der Waals surface area contributed by atoms with Gasteiger partial charge in [0.15, 0.2) is 0 Å². The van der Waals surface area contributed by atoms with Crippen molar-refractivity contribution in [2.24, 2.45) is 0 Å². The van der Waals surface area contributed by atoms with E-state index in [1.165, 1.54) is 3.57 Å². The number of nitrogens with two attached hydrogens (primary N) is 1. The minimum Gasteiger partial charge on any atom is -0.455 e. The molecule has 0 saturated carbocycles. The van der Waals surface area contributed by atoms with E-state index in [4.69, 9.17) is 10.5 Å². The van der Waals surface area contributed by atoms with Gasteiger partial charge < -0.3 is 10.5 Å². The van der Waals surface area contributed by atoms with E-state index in [2.05, 4.69) is 22.6 Å². The van der Waals surface area contributed by atoms with Crippen LogP contribution in [0, 0.1) is 10.5 Å². The van der Waals surface area contributed by atoms with Gasteiger partial charge in [-0.15, -0.1) is 0 Å². The van der Waals surface area contributed by atoms with Crippen LogP contribution in [-0.4, -0.2) is 0 Å². The van der Waals surface area contributed by atoms with Gasteiger partial charge in [0.1, 0.15) is 11.5 Å². The van der Waals surface area contributed by atoms with Gasteiger partial charge in [-0.05, 0) is 71.5 Å². The summed E-state index contributed by atoms with van der Waals surface area (Å²) >= 11 is 2.26. The fourth-order valence-electron chi connectivity index (χ4n) is 1.39. The van der Waals surface area contributed by atoms with Gasteiger partial charge in [0.05, 0.1) is 5.69 Å². The van der Waals surface area contributed by atoms with Crippen LogP contribution in [0.3, 0.4) is 0 Å². The molecule has 0 unspecified atom stereocenters. The first-order valence-corrected chi connectivity index (χ1v) is 6.02. The lowest BCUT2D eigenvalue weighted by atomic mass is 10.2. The van der Waals surface area contributed by atoms with Crippen LogP contribution in [0.1, 0.15) is 5.56 Å². The van der Waals surface area contributed by atoms with E-state index in [9.17, 15) is 0 Å². The molecule has 3 heteroatoms. The summed E-state index contributed by atoms with van der Waals surface area (Å²) in [6.45, 7) is 2.00. The number of benzene rings is 2. The average Bonchev–Trinajstić information content (AvgIpc) is 2.25. The third-order valence-electron chi connectivity index (χ3n) is 2.21. The predicted octanol–water partition coefficient (Wildman–Crippen LogP) is 3.97. The Hall–Kier alpha value is -1.23. The summed E-state index contributed by atoms with van der Waals surface area (Å²) < 4.78 is 6.87. The molecular formula is C13H12INO. The maximum absolute atomic E-state index is 5.87. The number of hydrogen-bond acceptors (Lipinski definition) is 2. The van der Waals surface area contributed by atoms with Gasteiger partial charge in [-0.2, -0.15) is 0 Å². The van der Waals surface area contributed by atoms with E-state index in [0.29, 0.717) is 11.4 Å². The Morgan fingerprint density at radius 3 is 2.38 bits per heavy atom. The zero-order valence-electron chi connectivity index (χ0n) is 8.91. The molecule has 2 aromatic carbocycles. The molecule has 0 aliphatic rings. The number of nitrogen functional groups attached to an aromatic ring is 1. The average molecular weight is 325 g/mol. The lowest BCUT2D eigenvalue weighted by Crippen LogP contribution is -1.92. The molecule has 2 rings (SSSR count). The molecule has 0 aliphatic carbocycles. The molecule has 0 saturated heterocycles. The summed E-state index contributed by atoms with van der Waals surface area (Å²) in [7, 11) is 0. The van der Waals surface area contributed by atoms with Crippen LogP contribution in [0.4, 0.5) is 5.69 Å². The molecule has 0 amide bonds. The molecule has 0 heterocycles. The monoisotopic (exact) mass is 325 g/mol. The Bertz CT molecular complexity index is 494. The predicted molar refractivity (Wildman–Crippen MR) is 74.8 cm³/mol. The largest absolute Gasteiger partial charge is 0.455 e. The number of ether oxygens (including phenoxy) is 1. The molecule has 0 radical (unpaired) electrons. The summed E-state index contributed by atoms with van der Waals surface area (Å²) in [5.74, 6) is 1.50. The molecule has 0 atom stereocenters. The van der Waals surface area contributed by atoms with Crippen molar-refractivity contribution in [1.29, 1.82) is 0 Å². The molecular weight excluding hydrogens is 313 g/mol. The van der Waals surface area contributed by atoms with Crippen LogP contribution in [0.15, 0.2) is 42.5 Å². The normalized spacial score (nSPS) is 10.1. The van der Waals surface area contributed by atoms with Gasteiger partial charge in [-0.3, -0.25) is 0 Å². The molecule has 0 bridgehead atoms. The van der Waals surface area contributed by atoms with E-state index in [1.807, 2.05) is 49.4 Å². The highest BCUT2D eigenvalue weighted by atomic mass is 127. The van der Waals surface area contributed by atoms with Gasteiger partial charge in [-0.1, -0.05) is 6.07 Å². The summed E-state index contributed by atoms with van der Waals surface area (Å²) in [5.41, 5.74) is 7.67. The first-order valence-electron chi connectivity index (χ1n) is 4.95. The Kier molecular flexibility index (Phi) is 3.33. The van der Waals surface area contributed by atoms with Crippen LogP contribution < -0.4 is 10.5 Å². The van der Waals surface area contributed by atoms with Gasteiger partial charge in [0.2, 0.25) is 0 Å². The van der Waals surface area contributed by atoms with Gasteiger partial charge in [-0.25, -0.2) is 0 Å². The Morgan fingerprint density at radius 2 is 1.75 bits per heavy atom. The van der Waals surface area contributed by atoms with Crippen molar-refractivity contribution >= 4 is 28.3 Å². The van der Waals surface area contributed by atoms with Crippen molar-refractivity contribution in [2.75, 3.05) is 5.73 Å². The second-order valence-electron chi connectivity index (χ2n) is 3.60. The SMILES string of the molecule is Cc1ccc(Oc2ccc(I)cc2)c(N)c1. The number of halogens is 1. The van der Waals surface area contributed by atoms with E-state index >= 15 is 0 Å². The summed E-state index contributed by atoms with van der Waals surface area (Å²) in [5, 5.41) is 0. The highest BCUT2D eigenvalue weighted by molar-refractivity contribution is 14.1. The fourth-order valence-corrected chi connectivity index (χ4v) is 1.75. The maximum atomic E-state index is 5.87. The molecule has 0 aromatic heterocycles. The van der Waals surface area contributed by atoms with Crippen molar-refractivity contribution in [3.8, 4) is 11.5 Å². The van der Waals surface area contributed by atoms with E-state index in [-0.39, 0.29) is 0 Å². The molecule has 82 valence electrons. The summed E-state index contributed by atoms with van der Waals surface area (Å²) in [4.78, 5) is 0. The lowest BCUT2D eigenvalue weighted by molar-refractivity contribution is 0.485. The Labute approximate surface area is 109 Å². The Balaban J connectivity index is 2.23. The van der Waals surface area contributed by atoms with Crippen molar-refractivity contribution in [3.63, 3.8) is 0 Å². The Morgan fingerprint density at radius 1 is 1.06 bits per heavy atom. The fraction of sp³-hybridized carbons (Fsp3) is 0.0769. The maximum Gasteiger partial charge on any atom is 0.150 e. The van der Waals surface area contributed by atoms with Gasteiger partial charge in [0, 0.05) is 3.57 Å². The van der Waals surface area contributed by atoms with Crippen LogP contribution in [0.5, 0.6) is 11.5 Å². The van der Waals surface area contributed by atoms with Crippen LogP contribution >= 0.6 is 22.6 Å². The van der Waals surface area contributed by atoms with E-state index in [0.717, 1.165) is 11.3 Å². The van der Waals surface area contributed by atoms with Crippen LogP contribution in [0.25, 0.3) is 0 Å². The van der Waals surface area contributed by atoms with E-state index in [1.54, 1.807) is 0 Å². The third-order valence-corrected chi connectivity index (χ3v) is 2.93. The molecule has 0 fully saturated rings. The smallest absolute Gasteiger partial charge is 0.150 e. The van der Waals surface area contributed by atoms with E-state index < -0.39 is 0 Å². The zero-order valence-corrected chi connectivity index (χ0v) is 11.1. The molecule has 2 nitrogen and oxygen atoms in total. The number of anilines is 1. The standard InChI is InChI=1S/C13H12INO/c1-9-2-7-13(12(15)8-9)16-11-5-3-10(14)4-6-11/h2-8H,15H2,1H3. The second-order valence-corrected chi connectivity index (χ2v) is 4.84. The highest BCUT2D eigenvalue weighted by Crippen LogP contribution is 2.28. The summed E-state index contributed by atoms with van der Waals surface area (Å²) in [6.07, 6.45) is 0. The van der Waals surface area contributed by atoms with Gasteiger partial charge >= 0.3 is 0 Å². The topological polar surface area (TPSA) is 35.2 Å². The molecule has 2 aromatic rings. The number of hydrogen-bond donors (Lipinski definition) is 1. The van der Waals surface area contributed by atoms with Crippen molar-refractivity contribution < 1.29 is 4.74 Å². The molecule has 2 N–H and O–H groups in total. The van der Waals surface area contributed by atoms with Crippen molar-refractivity contribution in [2.45, 2.75) is 6.92 Å². The van der Waals surface area contributed by atoms with Crippen molar-refractivity contribution in [3.05, 3.63) is 51.6 Å². The van der Waals surface area contributed by atoms with Crippen molar-refractivity contribution in [1.82, 2.24) is 0 Å². The molecule has 0 aliphatic heterocycles. The minimum absolute atomic E-state index is 0.665. The summed E-state index contributed by atoms with van der Waals surface area (Å²) in [6, 6.07) is 13.6. The first kappa shape index (κ1) is 11.3. The molecule has 16 heavy (non-hydrogen) atoms. The highest BCUT2D eigenvalue weighted by Gasteiger charge is 2.01. The van der Waals surface area contributed by atoms with Crippen LogP contribution in [0.2, 0.25) is 0 Å². The van der Waals surface area contributed by atoms with Gasteiger partial charge in [0.25, 0.3) is 0 Å². The lowest BCUT2D eigenvalue weighted by Gasteiger charge is -2.08. The first-order chi connectivity index (χ1) is 7.65. The zero-order chi connectivity index (χ0) is 11.5. The third kappa shape index (κ3) is 2.66. The number of rotatable bonds is 2. The quantitative estimate of drug-likeness (QED) is 0.670. The minimum atomic E-state index is 0.665. The second kappa shape index (κ2) is 4.74. The molecule has 0 spiro atoms. The van der Waals surface area contributed by atoms with Crippen LogP contribution in [-0.2, 0) is 0 Å².